The van der Waals surface area contributed by atoms with Crippen molar-refractivity contribution in [3.05, 3.63) is 63.6 Å². The molecule has 2 rings (SSSR count). The van der Waals surface area contributed by atoms with Crippen LogP contribution in [0.3, 0.4) is 0 Å². The molecule has 1 atom stereocenters. The number of likely N-dealkylation sites (N-methyl/N-ethyl adjacent to an activating group) is 1. The Morgan fingerprint density at radius 1 is 1.32 bits per heavy atom. The summed E-state index contributed by atoms with van der Waals surface area (Å²) in [5.41, 5.74) is 3.03. The highest BCUT2D eigenvalue weighted by atomic mass is 79.9. The molecule has 1 N–H and O–H groups in total. The molecule has 0 aliphatic heterocycles. The summed E-state index contributed by atoms with van der Waals surface area (Å²) >= 11 is 3.31. The summed E-state index contributed by atoms with van der Waals surface area (Å²) < 4.78 is 14.1. The highest BCUT2D eigenvalue weighted by molar-refractivity contribution is 9.10. The molecule has 0 fully saturated rings. The van der Waals surface area contributed by atoms with Crippen LogP contribution in [0, 0.1) is 12.7 Å². The zero-order chi connectivity index (χ0) is 13.8. The van der Waals surface area contributed by atoms with Gasteiger partial charge >= 0.3 is 0 Å². The number of hydrogen-bond acceptors (Lipinski definition) is 2. The molecule has 0 saturated carbocycles. The molecule has 1 aromatic carbocycles. The van der Waals surface area contributed by atoms with Crippen LogP contribution in [-0.2, 0) is 6.42 Å². The van der Waals surface area contributed by atoms with Crippen LogP contribution < -0.4 is 5.32 Å². The van der Waals surface area contributed by atoms with Crippen molar-refractivity contribution in [3.63, 3.8) is 0 Å². The van der Waals surface area contributed by atoms with Gasteiger partial charge in [-0.25, -0.2) is 4.39 Å². The molecule has 19 heavy (non-hydrogen) atoms. The third kappa shape index (κ3) is 3.39. The number of halogens is 2. The summed E-state index contributed by atoms with van der Waals surface area (Å²) in [6.45, 7) is 2.01. The maximum Gasteiger partial charge on any atom is 0.137 e. The van der Waals surface area contributed by atoms with Gasteiger partial charge in [0, 0.05) is 24.4 Å². The minimum Gasteiger partial charge on any atom is -0.313 e. The standard InChI is InChI=1S/C15H16BrFN2/c1-10-6-7-11(19-9-10)8-14(18-2)12-4-3-5-13(17)15(12)16/h3-7,9,14,18H,8H2,1-2H3. The summed E-state index contributed by atoms with van der Waals surface area (Å²) in [6.07, 6.45) is 2.57. The Kier molecular flexibility index (Phi) is 4.66. The first-order valence-corrected chi connectivity index (χ1v) is 6.94. The van der Waals surface area contributed by atoms with Crippen molar-refractivity contribution in [2.24, 2.45) is 0 Å². The quantitative estimate of drug-likeness (QED) is 0.926. The lowest BCUT2D eigenvalue weighted by Crippen LogP contribution is -2.20. The van der Waals surface area contributed by atoms with Gasteiger partial charge in [-0.05, 0) is 53.2 Å². The lowest BCUT2D eigenvalue weighted by atomic mass is 10.0. The van der Waals surface area contributed by atoms with Gasteiger partial charge in [0.2, 0.25) is 0 Å². The number of rotatable bonds is 4. The molecule has 1 heterocycles. The number of pyridine rings is 1. The van der Waals surface area contributed by atoms with Gasteiger partial charge in [0.25, 0.3) is 0 Å². The first-order valence-electron chi connectivity index (χ1n) is 6.14. The monoisotopic (exact) mass is 322 g/mol. The maximum atomic E-state index is 13.6. The predicted octanol–water partition coefficient (Wildman–Crippen LogP) is 3.79. The van der Waals surface area contributed by atoms with E-state index >= 15 is 0 Å². The fourth-order valence-corrected chi connectivity index (χ4v) is 2.53. The van der Waals surface area contributed by atoms with Gasteiger partial charge in [0.05, 0.1) is 4.47 Å². The molecule has 0 bridgehead atoms. The van der Waals surface area contributed by atoms with Crippen molar-refractivity contribution in [1.29, 1.82) is 0 Å². The molecule has 1 unspecified atom stereocenters. The van der Waals surface area contributed by atoms with E-state index in [0.717, 1.165) is 23.2 Å². The van der Waals surface area contributed by atoms with E-state index in [9.17, 15) is 4.39 Å². The first-order chi connectivity index (χ1) is 9.11. The molecule has 4 heteroatoms. The molecular weight excluding hydrogens is 307 g/mol. The van der Waals surface area contributed by atoms with Crippen LogP contribution in [0.2, 0.25) is 0 Å². The highest BCUT2D eigenvalue weighted by Gasteiger charge is 2.16. The number of aromatic nitrogens is 1. The maximum absolute atomic E-state index is 13.6. The second-order valence-corrected chi connectivity index (χ2v) is 5.31. The smallest absolute Gasteiger partial charge is 0.137 e. The Labute approximate surface area is 121 Å². The molecule has 0 aliphatic carbocycles. The Morgan fingerprint density at radius 2 is 2.11 bits per heavy atom. The third-order valence-electron chi connectivity index (χ3n) is 3.09. The van der Waals surface area contributed by atoms with Gasteiger partial charge < -0.3 is 5.32 Å². The zero-order valence-electron chi connectivity index (χ0n) is 11.0. The van der Waals surface area contributed by atoms with Gasteiger partial charge in [0.1, 0.15) is 5.82 Å². The van der Waals surface area contributed by atoms with Crippen molar-refractivity contribution >= 4 is 15.9 Å². The van der Waals surface area contributed by atoms with E-state index in [1.165, 1.54) is 6.07 Å². The fourth-order valence-electron chi connectivity index (χ4n) is 1.99. The number of nitrogens with one attached hydrogen (secondary N) is 1. The topological polar surface area (TPSA) is 24.9 Å². The largest absolute Gasteiger partial charge is 0.313 e. The van der Waals surface area contributed by atoms with Gasteiger partial charge in [-0.1, -0.05) is 18.2 Å². The van der Waals surface area contributed by atoms with Crippen LogP contribution in [0.1, 0.15) is 22.9 Å². The molecule has 0 amide bonds. The summed E-state index contributed by atoms with van der Waals surface area (Å²) in [6, 6.07) is 9.16. The van der Waals surface area contributed by atoms with Crippen molar-refractivity contribution in [2.75, 3.05) is 7.05 Å². The lowest BCUT2D eigenvalue weighted by molar-refractivity contribution is 0.566. The van der Waals surface area contributed by atoms with Crippen molar-refractivity contribution < 1.29 is 4.39 Å². The summed E-state index contributed by atoms with van der Waals surface area (Å²) in [4.78, 5) is 4.39. The van der Waals surface area contributed by atoms with E-state index in [4.69, 9.17) is 0 Å². The van der Waals surface area contributed by atoms with Crippen LogP contribution in [0.15, 0.2) is 41.0 Å². The Balaban J connectivity index is 2.25. The van der Waals surface area contributed by atoms with E-state index < -0.39 is 0 Å². The van der Waals surface area contributed by atoms with Crippen LogP contribution in [0.4, 0.5) is 4.39 Å². The molecule has 0 spiro atoms. The van der Waals surface area contributed by atoms with E-state index in [1.807, 2.05) is 38.4 Å². The van der Waals surface area contributed by atoms with Gasteiger partial charge in [-0.3, -0.25) is 4.98 Å². The number of hydrogen-bond donors (Lipinski definition) is 1. The average Bonchev–Trinajstić information content (AvgIpc) is 2.42. The summed E-state index contributed by atoms with van der Waals surface area (Å²) in [7, 11) is 1.87. The number of nitrogens with zero attached hydrogens (tertiary/aromatic N) is 1. The Hall–Kier alpha value is -1.26. The van der Waals surface area contributed by atoms with Gasteiger partial charge in [-0.2, -0.15) is 0 Å². The summed E-state index contributed by atoms with van der Waals surface area (Å²) in [5, 5.41) is 3.21. The van der Waals surface area contributed by atoms with E-state index in [2.05, 4.69) is 26.2 Å². The Morgan fingerprint density at radius 3 is 2.74 bits per heavy atom. The predicted molar refractivity (Wildman–Crippen MR) is 78.6 cm³/mol. The summed E-state index contributed by atoms with van der Waals surface area (Å²) in [5.74, 6) is -0.241. The fraction of sp³-hybridized carbons (Fsp3) is 0.267. The molecule has 1 aromatic heterocycles. The van der Waals surface area contributed by atoms with Crippen molar-refractivity contribution in [1.82, 2.24) is 10.3 Å². The average molecular weight is 323 g/mol. The second kappa shape index (κ2) is 6.26. The van der Waals surface area contributed by atoms with Gasteiger partial charge in [-0.15, -0.1) is 0 Å². The highest BCUT2D eigenvalue weighted by Crippen LogP contribution is 2.27. The van der Waals surface area contributed by atoms with E-state index in [1.54, 1.807) is 6.07 Å². The molecular formula is C15H16BrFN2. The Bertz CT molecular complexity index is 555. The SMILES string of the molecule is CNC(Cc1ccc(C)cn1)c1cccc(F)c1Br. The van der Waals surface area contributed by atoms with Crippen LogP contribution >= 0.6 is 15.9 Å². The van der Waals surface area contributed by atoms with Crippen LogP contribution in [0.5, 0.6) is 0 Å². The van der Waals surface area contributed by atoms with E-state index in [0.29, 0.717) is 4.47 Å². The number of benzene rings is 1. The molecule has 0 aliphatic rings. The van der Waals surface area contributed by atoms with E-state index in [-0.39, 0.29) is 11.9 Å². The molecule has 2 nitrogen and oxygen atoms in total. The van der Waals surface area contributed by atoms with Crippen molar-refractivity contribution in [2.45, 2.75) is 19.4 Å². The lowest BCUT2D eigenvalue weighted by Gasteiger charge is -2.18. The zero-order valence-corrected chi connectivity index (χ0v) is 12.5. The van der Waals surface area contributed by atoms with Crippen molar-refractivity contribution in [3.8, 4) is 0 Å². The number of aryl methyl sites for hydroxylation is 1. The van der Waals surface area contributed by atoms with Crippen LogP contribution in [0.25, 0.3) is 0 Å². The first kappa shape index (κ1) is 14.2. The molecule has 0 radical (unpaired) electrons. The van der Waals surface area contributed by atoms with Gasteiger partial charge in [0.15, 0.2) is 0 Å². The molecule has 0 saturated heterocycles. The minimum absolute atomic E-state index is 0.0280. The molecule has 2 aromatic rings. The molecule has 100 valence electrons. The normalized spacial score (nSPS) is 12.4. The minimum atomic E-state index is -0.241. The third-order valence-corrected chi connectivity index (χ3v) is 3.93. The second-order valence-electron chi connectivity index (χ2n) is 4.52. The van der Waals surface area contributed by atoms with Crippen LogP contribution in [-0.4, -0.2) is 12.0 Å².